The molecule has 0 saturated heterocycles. The van der Waals surface area contributed by atoms with Crippen LogP contribution in [0, 0.1) is 0 Å². The fourth-order valence-electron chi connectivity index (χ4n) is 2.22. The number of anilines is 1. The van der Waals surface area contributed by atoms with Crippen LogP contribution in [-0.2, 0) is 11.2 Å². The summed E-state index contributed by atoms with van der Waals surface area (Å²) in [5.41, 5.74) is 0.977. The number of carbonyl (C=O) groups excluding carboxylic acids is 1. The Morgan fingerprint density at radius 2 is 2.04 bits per heavy atom. The fraction of sp³-hybridized carbons (Fsp3) is 0.467. The van der Waals surface area contributed by atoms with Gasteiger partial charge in [-0.3, -0.25) is 9.48 Å². The SMILES string of the molecule is CCCc1nn(C(CCC)C(=O)Nc2cnc(Br)cn2)cc1Br. The average molecular weight is 445 g/mol. The first-order valence-corrected chi connectivity index (χ1v) is 9.15. The maximum absolute atomic E-state index is 12.6. The quantitative estimate of drug-likeness (QED) is 0.696. The van der Waals surface area contributed by atoms with Crippen molar-refractivity contribution in [2.75, 3.05) is 5.32 Å². The minimum atomic E-state index is -0.368. The Balaban J connectivity index is 2.18. The highest BCUT2D eigenvalue weighted by Crippen LogP contribution is 2.22. The van der Waals surface area contributed by atoms with Gasteiger partial charge in [0.15, 0.2) is 5.82 Å². The maximum Gasteiger partial charge on any atom is 0.250 e. The molecule has 1 atom stereocenters. The molecule has 1 amide bonds. The van der Waals surface area contributed by atoms with Gasteiger partial charge < -0.3 is 5.32 Å². The molecule has 0 aliphatic rings. The van der Waals surface area contributed by atoms with E-state index in [0.29, 0.717) is 16.8 Å². The van der Waals surface area contributed by atoms with Gasteiger partial charge in [-0.05, 0) is 44.7 Å². The highest BCUT2D eigenvalue weighted by atomic mass is 79.9. The Hall–Kier alpha value is -1.28. The van der Waals surface area contributed by atoms with E-state index in [1.165, 1.54) is 6.20 Å². The number of aryl methyl sites for hydroxylation is 1. The Labute approximate surface area is 152 Å². The van der Waals surface area contributed by atoms with Crippen LogP contribution in [0.5, 0.6) is 0 Å². The van der Waals surface area contributed by atoms with E-state index >= 15 is 0 Å². The van der Waals surface area contributed by atoms with Gasteiger partial charge in [-0.15, -0.1) is 0 Å². The summed E-state index contributed by atoms with van der Waals surface area (Å²) in [6.45, 7) is 4.15. The van der Waals surface area contributed by atoms with Gasteiger partial charge in [0.25, 0.3) is 0 Å². The van der Waals surface area contributed by atoms with Crippen LogP contribution in [0.1, 0.15) is 44.8 Å². The topological polar surface area (TPSA) is 72.7 Å². The molecule has 0 saturated carbocycles. The average Bonchev–Trinajstić information content (AvgIpc) is 2.88. The predicted molar refractivity (Wildman–Crippen MR) is 96.2 cm³/mol. The van der Waals surface area contributed by atoms with Gasteiger partial charge in [-0.25, -0.2) is 9.97 Å². The molecule has 8 heteroatoms. The van der Waals surface area contributed by atoms with Crippen molar-refractivity contribution in [1.29, 1.82) is 0 Å². The molecular weight excluding hydrogens is 426 g/mol. The second kappa shape index (κ2) is 8.54. The third-order valence-corrected chi connectivity index (χ3v) is 4.37. The zero-order valence-corrected chi connectivity index (χ0v) is 16.3. The van der Waals surface area contributed by atoms with Crippen LogP contribution in [0.25, 0.3) is 0 Å². The number of halogens is 2. The van der Waals surface area contributed by atoms with Crippen molar-refractivity contribution in [3.05, 3.63) is 33.4 Å². The summed E-state index contributed by atoms with van der Waals surface area (Å²) in [7, 11) is 0. The monoisotopic (exact) mass is 443 g/mol. The zero-order chi connectivity index (χ0) is 16.8. The summed E-state index contributed by atoms with van der Waals surface area (Å²) >= 11 is 6.74. The predicted octanol–water partition coefficient (Wildman–Crippen LogP) is 4.13. The van der Waals surface area contributed by atoms with Gasteiger partial charge in [0.1, 0.15) is 10.6 Å². The Bertz CT molecular complexity index is 656. The number of rotatable bonds is 7. The van der Waals surface area contributed by atoms with E-state index in [1.54, 1.807) is 10.9 Å². The Morgan fingerprint density at radius 1 is 1.26 bits per heavy atom. The number of aromatic nitrogens is 4. The molecule has 1 N–H and O–H groups in total. The van der Waals surface area contributed by atoms with Crippen LogP contribution in [0.4, 0.5) is 5.82 Å². The normalized spacial score (nSPS) is 12.2. The van der Waals surface area contributed by atoms with E-state index in [0.717, 1.165) is 29.4 Å². The summed E-state index contributed by atoms with van der Waals surface area (Å²) in [5, 5.41) is 7.36. The van der Waals surface area contributed by atoms with E-state index in [1.807, 2.05) is 13.1 Å². The Morgan fingerprint density at radius 3 is 2.65 bits per heavy atom. The van der Waals surface area contributed by atoms with Crippen molar-refractivity contribution in [3.63, 3.8) is 0 Å². The number of hydrogen-bond donors (Lipinski definition) is 1. The highest BCUT2D eigenvalue weighted by molar-refractivity contribution is 9.10. The molecular formula is C15H19Br2N5O. The van der Waals surface area contributed by atoms with Crippen LogP contribution in [0.2, 0.25) is 0 Å². The molecule has 2 aromatic rings. The van der Waals surface area contributed by atoms with Gasteiger partial charge in [0.05, 0.1) is 22.6 Å². The van der Waals surface area contributed by atoms with E-state index in [2.05, 4.69) is 59.2 Å². The van der Waals surface area contributed by atoms with E-state index in [4.69, 9.17) is 0 Å². The second-order valence-electron chi connectivity index (χ2n) is 5.17. The lowest BCUT2D eigenvalue weighted by Gasteiger charge is -2.16. The van der Waals surface area contributed by atoms with Gasteiger partial charge in [-0.2, -0.15) is 5.10 Å². The van der Waals surface area contributed by atoms with Gasteiger partial charge in [-0.1, -0.05) is 26.7 Å². The van der Waals surface area contributed by atoms with Gasteiger partial charge in [0, 0.05) is 6.20 Å². The first kappa shape index (κ1) is 18.1. The molecule has 0 aliphatic carbocycles. The molecule has 0 fully saturated rings. The van der Waals surface area contributed by atoms with Crippen LogP contribution in [0.3, 0.4) is 0 Å². The lowest BCUT2D eigenvalue weighted by Crippen LogP contribution is -2.27. The fourth-order valence-corrected chi connectivity index (χ4v) is 2.91. The van der Waals surface area contributed by atoms with Crippen molar-refractivity contribution >= 4 is 43.6 Å². The maximum atomic E-state index is 12.6. The molecule has 2 heterocycles. The third kappa shape index (κ3) is 4.84. The highest BCUT2D eigenvalue weighted by Gasteiger charge is 2.22. The van der Waals surface area contributed by atoms with Crippen molar-refractivity contribution in [2.24, 2.45) is 0 Å². The van der Waals surface area contributed by atoms with Crippen molar-refractivity contribution in [3.8, 4) is 0 Å². The molecule has 6 nitrogen and oxygen atoms in total. The summed E-state index contributed by atoms with van der Waals surface area (Å²) in [4.78, 5) is 20.8. The number of nitrogens with zero attached hydrogens (tertiary/aromatic N) is 4. The zero-order valence-electron chi connectivity index (χ0n) is 13.1. The van der Waals surface area contributed by atoms with Gasteiger partial charge in [0.2, 0.25) is 5.91 Å². The summed E-state index contributed by atoms with van der Waals surface area (Å²) < 4.78 is 3.30. The summed E-state index contributed by atoms with van der Waals surface area (Å²) in [5.74, 6) is 0.292. The number of carbonyl (C=O) groups is 1. The van der Waals surface area contributed by atoms with Crippen molar-refractivity contribution in [1.82, 2.24) is 19.7 Å². The van der Waals surface area contributed by atoms with Crippen LogP contribution < -0.4 is 5.32 Å². The molecule has 23 heavy (non-hydrogen) atoms. The molecule has 2 aromatic heterocycles. The molecule has 0 spiro atoms. The smallest absolute Gasteiger partial charge is 0.250 e. The lowest BCUT2D eigenvalue weighted by atomic mass is 10.1. The molecule has 0 bridgehead atoms. The van der Waals surface area contributed by atoms with Gasteiger partial charge >= 0.3 is 0 Å². The van der Waals surface area contributed by atoms with E-state index < -0.39 is 0 Å². The standard InChI is InChI=1S/C15H19Br2N5O/c1-3-5-11-10(16)9-22(21-11)12(6-4-2)15(23)20-14-8-18-13(17)7-19-14/h7-9,12H,3-6H2,1-2H3,(H,19,20,23). The second-order valence-corrected chi connectivity index (χ2v) is 6.84. The first-order valence-electron chi connectivity index (χ1n) is 7.57. The van der Waals surface area contributed by atoms with Crippen LogP contribution in [-0.4, -0.2) is 25.7 Å². The molecule has 0 aliphatic heterocycles. The number of hydrogen-bond acceptors (Lipinski definition) is 4. The molecule has 2 rings (SSSR count). The minimum absolute atomic E-state index is 0.137. The molecule has 0 aromatic carbocycles. The Kier molecular flexibility index (Phi) is 6.71. The molecule has 124 valence electrons. The van der Waals surface area contributed by atoms with E-state index in [-0.39, 0.29) is 11.9 Å². The van der Waals surface area contributed by atoms with Crippen molar-refractivity contribution in [2.45, 2.75) is 45.6 Å². The number of nitrogens with one attached hydrogen (secondary N) is 1. The molecule has 1 unspecified atom stereocenters. The summed E-state index contributed by atoms with van der Waals surface area (Å²) in [6, 6.07) is -0.368. The molecule has 0 radical (unpaired) electrons. The van der Waals surface area contributed by atoms with Crippen molar-refractivity contribution < 1.29 is 4.79 Å². The van der Waals surface area contributed by atoms with E-state index in [9.17, 15) is 4.79 Å². The first-order chi connectivity index (χ1) is 11.0. The number of amides is 1. The summed E-state index contributed by atoms with van der Waals surface area (Å²) in [6.07, 6.45) is 8.42. The lowest BCUT2D eigenvalue weighted by molar-refractivity contribution is -0.119. The third-order valence-electron chi connectivity index (χ3n) is 3.30. The van der Waals surface area contributed by atoms with Crippen LogP contribution >= 0.6 is 31.9 Å². The van der Waals surface area contributed by atoms with Crippen LogP contribution in [0.15, 0.2) is 27.7 Å². The largest absolute Gasteiger partial charge is 0.308 e. The minimum Gasteiger partial charge on any atom is -0.308 e.